The van der Waals surface area contributed by atoms with E-state index in [-0.39, 0.29) is 11.0 Å². The minimum atomic E-state index is -0.422. The van der Waals surface area contributed by atoms with Crippen LogP contribution in [0.25, 0.3) is 0 Å². The second-order valence-corrected chi connectivity index (χ2v) is 4.71. The first kappa shape index (κ1) is 15.0. The van der Waals surface area contributed by atoms with Gasteiger partial charge in [-0.2, -0.15) is 0 Å². The van der Waals surface area contributed by atoms with Crippen LogP contribution >= 0.6 is 11.6 Å². The summed E-state index contributed by atoms with van der Waals surface area (Å²) in [5.74, 6) is 0.616. The third-order valence-electron chi connectivity index (χ3n) is 2.97. The van der Waals surface area contributed by atoms with Crippen LogP contribution in [0.15, 0.2) is 24.4 Å². The molecule has 0 spiro atoms. The van der Waals surface area contributed by atoms with Crippen LogP contribution in [0, 0.1) is 17.0 Å². The van der Waals surface area contributed by atoms with Crippen LogP contribution in [-0.2, 0) is 6.54 Å². The smallest absolute Gasteiger partial charge is 0.271 e. The van der Waals surface area contributed by atoms with Gasteiger partial charge < -0.3 is 10.6 Å². The molecule has 0 bridgehead atoms. The van der Waals surface area contributed by atoms with E-state index < -0.39 is 4.92 Å². The molecular formula is C13H14ClN5O2. The Morgan fingerprint density at radius 1 is 1.43 bits per heavy atom. The molecule has 110 valence electrons. The predicted molar refractivity (Wildman–Crippen MR) is 81.7 cm³/mol. The maximum Gasteiger partial charge on any atom is 0.271 e. The normalized spacial score (nSPS) is 10.2. The highest BCUT2D eigenvalue weighted by Gasteiger charge is 2.10. The van der Waals surface area contributed by atoms with Gasteiger partial charge in [0.05, 0.1) is 4.92 Å². The molecule has 2 N–H and O–H groups in total. The van der Waals surface area contributed by atoms with Gasteiger partial charge in [-0.15, -0.1) is 0 Å². The van der Waals surface area contributed by atoms with Crippen LogP contribution in [0.2, 0.25) is 5.28 Å². The van der Waals surface area contributed by atoms with Gasteiger partial charge >= 0.3 is 0 Å². The summed E-state index contributed by atoms with van der Waals surface area (Å²) < 4.78 is 0. The van der Waals surface area contributed by atoms with E-state index in [1.807, 2.05) is 6.92 Å². The number of rotatable bonds is 5. The van der Waals surface area contributed by atoms with E-state index in [0.717, 1.165) is 11.1 Å². The van der Waals surface area contributed by atoms with Crippen LogP contribution in [-0.4, -0.2) is 21.9 Å². The third kappa shape index (κ3) is 3.57. The van der Waals surface area contributed by atoms with E-state index >= 15 is 0 Å². The molecule has 0 aliphatic heterocycles. The van der Waals surface area contributed by atoms with Crippen molar-refractivity contribution >= 4 is 28.8 Å². The summed E-state index contributed by atoms with van der Waals surface area (Å²) in [4.78, 5) is 18.4. The van der Waals surface area contributed by atoms with Crippen LogP contribution < -0.4 is 10.6 Å². The summed E-state index contributed by atoms with van der Waals surface area (Å²) in [5.41, 5.74) is 2.47. The Kier molecular flexibility index (Phi) is 4.54. The van der Waals surface area contributed by atoms with Crippen molar-refractivity contribution in [3.63, 3.8) is 0 Å². The number of anilines is 2. The summed E-state index contributed by atoms with van der Waals surface area (Å²) in [6, 6.07) is 4.69. The number of aromatic nitrogens is 2. The maximum absolute atomic E-state index is 10.8. The number of hydrogen-bond acceptors (Lipinski definition) is 6. The number of hydrogen-bond donors (Lipinski definition) is 2. The van der Waals surface area contributed by atoms with Gasteiger partial charge in [-0.3, -0.25) is 10.1 Å². The number of nitro benzene ring substituents is 1. The molecular weight excluding hydrogens is 294 g/mol. The van der Waals surface area contributed by atoms with Crippen molar-refractivity contribution in [1.29, 1.82) is 0 Å². The molecule has 0 atom stereocenters. The van der Waals surface area contributed by atoms with Gasteiger partial charge in [0.1, 0.15) is 5.82 Å². The molecule has 2 aromatic rings. The van der Waals surface area contributed by atoms with Crippen LogP contribution in [0.5, 0.6) is 0 Å². The highest BCUT2D eigenvalue weighted by molar-refractivity contribution is 6.28. The van der Waals surface area contributed by atoms with Crippen molar-refractivity contribution in [2.75, 3.05) is 17.7 Å². The lowest BCUT2D eigenvalue weighted by molar-refractivity contribution is -0.384. The second kappa shape index (κ2) is 6.36. The van der Waals surface area contributed by atoms with Gasteiger partial charge in [-0.05, 0) is 24.1 Å². The monoisotopic (exact) mass is 307 g/mol. The van der Waals surface area contributed by atoms with Crippen molar-refractivity contribution in [2.45, 2.75) is 13.5 Å². The van der Waals surface area contributed by atoms with E-state index in [1.54, 1.807) is 19.3 Å². The molecule has 1 aromatic heterocycles. The zero-order chi connectivity index (χ0) is 15.4. The molecule has 0 saturated carbocycles. The Morgan fingerprint density at radius 3 is 2.86 bits per heavy atom. The number of nitrogens with zero attached hydrogens (tertiary/aromatic N) is 3. The Morgan fingerprint density at radius 2 is 2.19 bits per heavy atom. The molecule has 21 heavy (non-hydrogen) atoms. The maximum atomic E-state index is 10.8. The molecule has 0 fully saturated rings. The molecule has 8 heteroatoms. The minimum Gasteiger partial charge on any atom is -0.380 e. The Labute approximate surface area is 126 Å². The first-order valence-electron chi connectivity index (χ1n) is 6.19. The number of benzene rings is 1. The first-order chi connectivity index (χ1) is 10.0. The fraction of sp³-hybridized carbons (Fsp3) is 0.231. The Balaban J connectivity index is 2.20. The molecule has 0 unspecified atom stereocenters. The molecule has 1 heterocycles. The van der Waals surface area contributed by atoms with Crippen LogP contribution in [0.3, 0.4) is 0 Å². The summed E-state index contributed by atoms with van der Waals surface area (Å²) >= 11 is 5.74. The zero-order valence-corrected chi connectivity index (χ0v) is 12.3. The summed E-state index contributed by atoms with van der Waals surface area (Å²) in [5, 5.41) is 17.1. The van der Waals surface area contributed by atoms with Gasteiger partial charge in [0.2, 0.25) is 5.28 Å². The summed E-state index contributed by atoms with van der Waals surface area (Å²) in [7, 11) is 1.74. The van der Waals surface area contributed by atoms with Crippen LogP contribution in [0.4, 0.5) is 17.2 Å². The number of non-ortho nitro benzene ring substituents is 1. The number of nitro groups is 1. The quantitative estimate of drug-likeness (QED) is 0.501. The van der Waals surface area contributed by atoms with Crippen molar-refractivity contribution in [2.24, 2.45) is 0 Å². The lowest BCUT2D eigenvalue weighted by Crippen LogP contribution is -2.07. The van der Waals surface area contributed by atoms with Gasteiger partial charge in [0.15, 0.2) is 0 Å². The van der Waals surface area contributed by atoms with E-state index in [2.05, 4.69) is 20.6 Å². The topological polar surface area (TPSA) is 93.0 Å². The fourth-order valence-corrected chi connectivity index (χ4v) is 1.97. The largest absolute Gasteiger partial charge is 0.380 e. The SMILES string of the molecule is CNc1nc(Cl)ncc1CNc1cc([N+](=O)[O-])ccc1C. The number of nitrogens with one attached hydrogen (secondary N) is 2. The fourth-order valence-electron chi connectivity index (χ4n) is 1.84. The first-order valence-corrected chi connectivity index (χ1v) is 6.57. The van der Waals surface area contributed by atoms with Crippen LogP contribution in [0.1, 0.15) is 11.1 Å². The van der Waals surface area contributed by atoms with E-state index in [0.29, 0.717) is 18.1 Å². The summed E-state index contributed by atoms with van der Waals surface area (Å²) in [6.45, 7) is 2.30. The van der Waals surface area contributed by atoms with E-state index in [9.17, 15) is 10.1 Å². The molecule has 7 nitrogen and oxygen atoms in total. The highest BCUT2D eigenvalue weighted by Crippen LogP contribution is 2.23. The van der Waals surface area contributed by atoms with E-state index in [1.165, 1.54) is 12.1 Å². The molecule has 0 saturated heterocycles. The molecule has 2 rings (SSSR count). The predicted octanol–water partition coefficient (Wildman–Crippen LogP) is 3.00. The highest BCUT2D eigenvalue weighted by atomic mass is 35.5. The van der Waals surface area contributed by atoms with Crippen molar-refractivity contribution in [1.82, 2.24) is 9.97 Å². The van der Waals surface area contributed by atoms with Crippen molar-refractivity contribution in [3.05, 3.63) is 50.9 Å². The van der Waals surface area contributed by atoms with Crippen molar-refractivity contribution in [3.8, 4) is 0 Å². The minimum absolute atomic E-state index is 0.0456. The lowest BCUT2D eigenvalue weighted by atomic mass is 10.1. The van der Waals surface area contributed by atoms with Gasteiger partial charge in [-0.25, -0.2) is 9.97 Å². The van der Waals surface area contributed by atoms with Gasteiger partial charge in [0.25, 0.3) is 5.69 Å². The zero-order valence-electron chi connectivity index (χ0n) is 11.6. The molecule has 0 aliphatic rings. The number of halogens is 1. The Bertz CT molecular complexity index is 678. The molecule has 0 radical (unpaired) electrons. The average Bonchev–Trinajstić information content (AvgIpc) is 2.47. The number of aryl methyl sites for hydroxylation is 1. The molecule has 1 aromatic carbocycles. The standard InChI is InChI=1S/C13H14ClN5O2/c1-8-3-4-10(19(20)21)5-11(8)16-6-9-7-17-13(14)18-12(9)15-2/h3-5,7,16H,6H2,1-2H3,(H,15,17,18). The second-order valence-electron chi connectivity index (χ2n) is 4.37. The molecule has 0 aliphatic carbocycles. The van der Waals surface area contributed by atoms with Crippen molar-refractivity contribution < 1.29 is 4.92 Å². The third-order valence-corrected chi connectivity index (χ3v) is 3.16. The van der Waals surface area contributed by atoms with Gasteiger partial charge in [0, 0.05) is 43.2 Å². The molecule has 0 amide bonds. The van der Waals surface area contributed by atoms with Gasteiger partial charge in [-0.1, -0.05) is 6.07 Å². The summed E-state index contributed by atoms with van der Waals surface area (Å²) in [6.07, 6.45) is 1.61. The van der Waals surface area contributed by atoms with E-state index in [4.69, 9.17) is 11.6 Å². The lowest BCUT2D eigenvalue weighted by Gasteiger charge is -2.11. The Hall–Kier alpha value is -2.41. The average molecular weight is 308 g/mol.